The van der Waals surface area contributed by atoms with Gasteiger partial charge < -0.3 is 9.64 Å². The number of hydrogen-bond acceptors (Lipinski definition) is 4. The van der Waals surface area contributed by atoms with Crippen LogP contribution in [0.5, 0.6) is 0 Å². The third-order valence-corrected chi connectivity index (χ3v) is 4.54. The van der Waals surface area contributed by atoms with Crippen molar-refractivity contribution in [2.45, 2.75) is 19.4 Å². The topological polar surface area (TPSA) is 63.7 Å². The van der Waals surface area contributed by atoms with E-state index >= 15 is 0 Å². The zero-order valence-electron chi connectivity index (χ0n) is 15.5. The van der Waals surface area contributed by atoms with Crippen LogP contribution in [0.2, 0.25) is 0 Å². The van der Waals surface area contributed by atoms with Crippen LogP contribution in [0.4, 0.5) is 0 Å². The number of nitrogens with zero attached hydrogens (tertiary/aromatic N) is 1. The van der Waals surface area contributed by atoms with E-state index in [9.17, 15) is 14.4 Å². The molecule has 0 aliphatic carbocycles. The van der Waals surface area contributed by atoms with Crippen LogP contribution in [0.3, 0.4) is 0 Å². The lowest BCUT2D eigenvalue weighted by molar-refractivity contribution is -0.162. The van der Waals surface area contributed by atoms with Gasteiger partial charge in [-0.1, -0.05) is 65.3 Å². The van der Waals surface area contributed by atoms with Crippen LogP contribution in [0.15, 0.2) is 59.1 Å². The highest BCUT2D eigenvalue weighted by atomic mass is 79.9. The van der Waals surface area contributed by atoms with Crippen molar-refractivity contribution in [3.8, 4) is 0 Å². The van der Waals surface area contributed by atoms with E-state index in [1.165, 1.54) is 4.90 Å². The smallest absolute Gasteiger partial charge is 0.310 e. The molecule has 0 aromatic heterocycles. The van der Waals surface area contributed by atoms with Gasteiger partial charge in [0.05, 0.1) is 5.92 Å². The molecule has 0 aliphatic rings. The van der Waals surface area contributed by atoms with Crippen LogP contribution in [0.1, 0.15) is 35.4 Å². The molecular formula is C21H22BrNO4. The van der Waals surface area contributed by atoms with Crippen molar-refractivity contribution in [2.24, 2.45) is 5.92 Å². The normalized spacial score (nSPS) is 12.7. The number of rotatable bonds is 7. The summed E-state index contributed by atoms with van der Waals surface area (Å²) in [5.74, 6) is -1.74. The molecule has 0 radical (unpaired) electrons. The summed E-state index contributed by atoms with van der Waals surface area (Å²) in [5.41, 5.74) is 1.11. The van der Waals surface area contributed by atoms with E-state index in [2.05, 4.69) is 15.9 Å². The standard InChI is InChI=1S/C21H22BrNO4/c1-14(12-18(24)16-10-7-11-17(22)13-16)21(26)27-19(20(25)23(2)3)15-8-5-4-6-9-15/h4-11,13-14,19H,12H2,1-3H3. The van der Waals surface area contributed by atoms with Crippen LogP contribution in [0.25, 0.3) is 0 Å². The first-order valence-electron chi connectivity index (χ1n) is 8.55. The van der Waals surface area contributed by atoms with Gasteiger partial charge in [0.1, 0.15) is 0 Å². The van der Waals surface area contributed by atoms with Gasteiger partial charge in [0.2, 0.25) is 6.10 Å². The van der Waals surface area contributed by atoms with E-state index in [-0.39, 0.29) is 18.1 Å². The Morgan fingerprint density at radius 2 is 1.70 bits per heavy atom. The van der Waals surface area contributed by atoms with Crippen LogP contribution in [-0.4, -0.2) is 36.7 Å². The number of likely N-dealkylation sites (N-methyl/N-ethyl adjacent to an activating group) is 1. The highest BCUT2D eigenvalue weighted by molar-refractivity contribution is 9.10. The lowest BCUT2D eigenvalue weighted by atomic mass is 9.99. The molecule has 142 valence electrons. The van der Waals surface area contributed by atoms with E-state index in [0.717, 1.165) is 4.47 Å². The van der Waals surface area contributed by atoms with E-state index in [0.29, 0.717) is 11.1 Å². The maximum Gasteiger partial charge on any atom is 0.310 e. The van der Waals surface area contributed by atoms with Crippen molar-refractivity contribution in [1.29, 1.82) is 0 Å². The molecule has 2 unspecified atom stereocenters. The molecule has 0 heterocycles. The second-order valence-corrected chi connectivity index (χ2v) is 7.41. The molecule has 1 amide bonds. The Labute approximate surface area is 167 Å². The van der Waals surface area contributed by atoms with Gasteiger partial charge in [-0.25, -0.2) is 0 Å². The van der Waals surface area contributed by atoms with Gasteiger partial charge in [-0.3, -0.25) is 14.4 Å². The molecule has 2 aromatic rings. The number of ketones is 1. The van der Waals surface area contributed by atoms with Gasteiger partial charge in [-0.2, -0.15) is 0 Å². The SMILES string of the molecule is CC(CC(=O)c1cccc(Br)c1)C(=O)OC(C(=O)N(C)C)c1ccccc1. The Morgan fingerprint density at radius 3 is 2.30 bits per heavy atom. The van der Waals surface area contributed by atoms with E-state index in [1.54, 1.807) is 63.5 Å². The fraction of sp³-hybridized carbons (Fsp3) is 0.286. The zero-order valence-corrected chi connectivity index (χ0v) is 17.1. The second-order valence-electron chi connectivity index (χ2n) is 6.50. The van der Waals surface area contributed by atoms with Crippen LogP contribution in [0, 0.1) is 5.92 Å². The number of hydrogen-bond donors (Lipinski definition) is 0. The number of benzene rings is 2. The summed E-state index contributed by atoms with van der Waals surface area (Å²) in [4.78, 5) is 38.8. The predicted molar refractivity (Wildman–Crippen MR) is 106 cm³/mol. The van der Waals surface area contributed by atoms with Crippen molar-refractivity contribution >= 4 is 33.6 Å². The van der Waals surface area contributed by atoms with Crippen LogP contribution >= 0.6 is 15.9 Å². The van der Waals surface area contributed by atoms with Gasteiger partial charge in [-0.05, 0) is 12.1 Å². The number of halogens is 1. The number of Topliss-reactive ketones (excluding diaryl/α,β-unsaturated/α-hetero) is 1. The van der Waals surface area contributed by atoms with Gasteiger partial charge in [0, 0.05) is 36.1 Å². The third-order valence-electron chi connectivity index (χ3n) is 4.04. The number of ether oxygens (including phenoxy) is 1. The maximum atomic E-state index is 12.5. The number of amides is 1. The highest BCUT2D eigenvalue weighted by Crippen LogP contribution is 2.23. The fourth-order valence-corrected chi connectivity index (χ4v) is 2.90. The second kappa shape index (κ2) is 9.46. The summed E-state index contributed by atoms with van der Waals surface area (Å²) in [6.45, 7) is 1.63. The van der Waals surface area contributed by atoms with Gasteiger partial charge in [0.25, 0.3) is 5.91 Å². The molecule has 0 saturated heterocycles. The molecule has 6 heteroatoms. The van der Waals surface area contributed by atoms with E-state index in [1.807, 2.05) is 12.1 Å². The summed E-state index contributed by atoms with van der Waals surface area (Å²) in [5, 5.41) is 0. The fourth-order valence-electron chi connectivity index (χ4n) is 2.50. The van der Waals surface area contributed by atoms with Gasteiger partial charge in [0.15, 0.2) is 5.78 Å². The Hall–Kier alpha value is -2.47. The molecule has 2 rings (SSSR count). The number of carbonyl (C=O) groups is 3. The Balaban J connectivity index is 2.10. The molecular weight excluding hydrogens is 410 g/mol. The summed E-state index contributed by atoms with van der Waals surface area (Å²) < 4.78 is 6.29. The maximum absolute atomic E-state index is 12.5. The monoisotopic (exact) mass is 431 g/mol. The summed E-state index contributed by atoms with van der Waals surface area (Å²) in [6.07, 6.45) is -1.02. The first-order valence-corrected chi connectivity index (χ1v) is 9.34. The summed E-state index contributed by atoms with van der Waals surface area (Å²) in [6, 6.07) is 15.8. The van der Waals surface area contributed by atoms with Crippen molar-refractivity contribution in [1.82, 2.24) is 4.90 Å². The largest absolute Gasteiger partial charge is 0.447 e. The molecule has 0 fully saturated rings. The van der Waals surface area contributed by atoms with Crippen LogP contribution < -0.4 is 0 Å². The molecule has 0 aliphatic heterocycles. The van der Waals surface area contributed by atoms with Gasteiger partial charge in [-0.15, -0.1) is 0 Å². The minimum Gasteiger partial charge on any atom is -0.447 e. The van der Waals surface area contributed by atoms with Crippen LogP contribution in [-0.2, 0) is 14.3 Å². The Kier molecular flexibility index (Phi) is 7.30. The van der Waals surface area contributed by atoms with Crippen molar-refractivity contribution in [3.05, 3.63) is 70.2 Å². The zero-order chi connectivity index (χ0) is 20.0. The number of esters is 1. The average Bonchev–Trinajstić information content (AvgIpc) is 2.65. The minimum atomic E-state index is -1.03. The molecule has 2 atom stereocenters. The van der Waals surface area contributed by atoms with E-state index < -0.39 is 18.0 Å². The minimum absolute atomic E-state index is 0.00690. The molecule has 0 N–H and O–H groups in total. The molecule has 0 saturated carbocycles. The van der Waals surface area contributed by atoms with Crippen molar-refractivity contribution < 1.29 is 19.1 Å². The third kappa shape index (κ3) is 5.76. The molecule has 0 spiro atoms. The lowest BCUT2D eigenvalue weighted by Gasteiger charge is -2.22. The Morgan fingerprint density at radius 1 is 1.04 bits per heavy atom. The molecule has 5 nitrogen and oxygen atoms in total. The quantitative estimate of drug-likeness (QED) is 0.490. The molecule has 27 heavy (non-hydrogen) atoms. The predicted octanol–water partition coefficient (Wildman–Crippen LogP) is 4.03. The van der Waals surface area contributed by atoms with Crippen molar-refractivity contribution in [3.63, 3.8) is 0 Å². The average molecular weight is 432 g/mol. The van der Waals surface area contributed by atoms with E-state index in [4.69, 9.17) is 4.74 Å². The van der Waals surface area contributed by atoms with Gasteiger partial charge >= 0.3 is 5.97 Å². The van der Waals surface area contributed by atoms with Crippen molar-refractivity contribution in [2.75, 3.05) is 14.1 Å². The first-order chi connectivity index (χ1) is 12.8. The summed E-state index contributed by atoms with van der Waals surface area (Å²) >= 11 is 3.33. The highest BCUT2D eigenvalue weighted by Gasteiger charge is 2.29. The molecule has 2 aromatic carbocycles. The summed E-state index contributed by atoms with van der Waals surface area (Å²) in [7, 11) is 3.21. The number of carbonyl (C=O) groups excluding carboxylic acids is 3. The molecule has 0 bridgehead atoms. The lowest BCUT2D eigenvalue weighted by Crippen LogP contribution is -2.32. The first kappa shape index (κ1) is 20.8. The Bertz CT molecular complexity index is 820.